The molecule has 1 aromatic heterocycles. The number of aliphatic carboxylic acids is 1. The van der Waals surface area contributed by atoms with Gasteiger partial charge in [0.15, 0.2) is 0 Å². The maximum atomic E-state index is 12.6. The van der Waals surface area contributed by atoms with E-state index in [9.17, 15) is 9.59 Å². The third-order valence-electron chi connectivity index (χ3n) is 3.93. The molecular weight excluding hydrogens is 300 g/mol. The molecule has 7 nitrogen and oxygen atoms in total. The van der Waals surface area contributed by atoms with Crippen LogP contribution in [-0.4, -0.2) is 65.7 Å². The van der Waals surface area contributed by atoms with Crippen molar-refractivity contribution in [3.8, 4) is 0 Å². The summed E-state index contributed by atoms with van der Waals surface area (Å²) in [6, 6.07) is 3.06. The molecule has 1 unspecified atom stereocenters. The van der Waals surface area contributed by atoms with Gasteiger partial charge in [0.2, 0.25) is 5.91 Å². The third-order valence-corrected chi connectivity index (χ3v) is 3.93. The van der Waals surface area contributed by atoms with E-state index >= 15 is 0 Å². The number of rotatable bonds is 8. The van der Waals surface area contributed by atoms with Crippen LogP contribution in [0, 0.1) is 6.92 Å². The van der Waals surface area contributed by atoms with E-state index < -0.39 is 12.0 Å². The van der Waals surface area contributed by atoms with Gasteiger partial charge in [0.1, 0.15) is 17.6 Å². The average molecular weight is 324 g/mol. The molecule has 1 fully saturated rings. The summed E-state index contributed by atoms with van der Waals surface area (Å²) >= 11 is 0. The van der Waals surface area contributed by atoms with E-state index in [0.29, 0.717) is 39.4 Å². The maximum absolute atomic E-state index is 12.6. The Morgan fingerprint density at radius 2 is 2.22 bits per heavy atom. The van der Waals surface area contributed by atoms with Crippen LogP contribution in [0.4, 0.5) is 0 Å². The Labute approximate surface area is 135 Å². The number of furan rings is 1. The molecule has 0 bridgehead atoms. The fraction of sp³-hybridized carbons (Fsp3) is 0.625. The van der Waals surface area contributed by atoms with E-state index in [1.54, 1.807) is 4.90 Å². The van der Waals surface area contributed by atoms with Gasteiger partial charge in [0.05, 0.1) is 19.6 Å². The number of carbonyl (C=O) groups is 2. The van der Waals surface area contributed by atoms with Crippen molar-refractivity contribution < 1.29 is 23.8 Å². The van der Waals surface area contributed by atoms with Gasteiger partial charge in [-0.25, -0.2) is 0 Å². The summed E-state index contributed by atoms with van der Waals surface area (Å²) < 4.78 is 10.8. The Morgan fingerprint density at radius 3 is 2.83 bits per heavy atom. The molecule has 128 valence electrons. The first-order valence-corrected chi connectivity index (χ1v) is 7.89. The van der Waals surface area contributed by atoms with Gasteiger partial charge in [-0.1, -0.05) is 0 Å². The quantitative estimate of drug-likeness (QED) is 0.721. The fourth-order valence-electron chi connectivity index (χ4n) is 2.76. The van der Waals surface area contributed by atoms with E-state index in [1.807, 2.05) is 30.9 Å². The molecule has 0 saturated carbocycles. The smallest absolute Gasteiger partial charge is 0.305 e. The molecule has 0 radical (unpaired) electrons. The van der Waals surface area contributed by atoms with Crippen LogP contribution in [0.2, 0.25) is 0 Å². The summed E-state index contributed by atoms with van der Waals surface area (Å²) in [5.74, 6) is 0.419. The second kappa shape index (κ2) is 8.12. The molecule has 1 aliphatic heterocycles. The highest BCUT2D eigenvalue weighted by Crippen LogP contribution is 2.19. The molecule has 0 spiro atoms. The Balaban J connectivity index is 2.03. The van der Waals surface area contributed by atoms with Gasteiger partial charge >= 0.3 is 5.97 Å². The zero-order valence-corrected chi connectivity index (χ0v) is 13.7. The first kappa shape index (κ1) is 17.5. The predicted octanol–water partition coefficient (Wildman–Crippen LogP) is 1.11. The lowest BCUT2D eigenvalue weighted by atomic mass is 10.1. The lowest BCUT2D eigenvalue weighted by Crippen LogP contribution is -2.57. The van der Waals surface area contributed by atoms with Crippen molar-refractivity contribution in [3.05, 3.63) is 23.7 Å². The van der Waals surface area contributed by atoms with Gasteiger partial charge < -0.3 is 19.2 Å². The van der Waals surface area contributed by atoms with Gasteiger partial charge in [-0.15, -0.1) is 0 Å². The number of hydrogen-bond donors (Lipinski definition) is 1. The number of piperazine rings is 1. The number of carboxylic acids is 1. The van der Waals surface area contributed by atoms with Gasteiger partial charge in [-0.2, -0.15) is 0 Å². The van der Waals surface area contributed by atoms with Crippen LogP contribution in [0.5, 0.6) is 0 Å². The number of aryl methyl sites for hydroxylation is 1. The van der Waals surface area contributed by atoms with Crippen LogP contribution in [0.25, 0.3) is 0 Å². The number of carboxylic acid groups (broad SMARTS) is 1. The largest absolute Gasteiger partial charge is 0.481 e. The van der Waals surface area contributed by atoms with Crippen molar-refractivity contribution in [3.63, 3.8) is 0 Å². The van der Waals surface area contributed by atoms with Crippen LogP contribution < -0.4 is 0 Å². The Kier molecular flexibility index (Phi) is 6.18. The number of hydrogen-bond acceptors (Lipinski definition) is 5. The zero-order valence-electron chi connectivity index (χ0n) is 13.7. The monoisotopic (exact) mass is 324 g/mol. The van der Waals surface area contributed by atoms with Gasteiger partial charge in [-0.05, 0) is 26.0 Å². The van der Waals surface area contributed by atoms with Crippen LogP contribution in [0.1, 0.15) is 24.9 Å². The van der Waals surface area contributed by atoms with Crippen molar-refractivity contribution >= 4 is 11.9 Å². The lowest BCUT2D eigenvalue weighted by molar-refractivity contribution is -0.150. The molecule has 1 atom stereocenters. The molecule has 1 aliphatic rings. The number of carbonyl (C=O) groups excluding carboxylic acids is 1. The molecule has 23 heavy (non-hydrogen) atoms. The van der Waals surface area contributed by atoms with Gasteiger partial charge in [0.25, 0.3) is 0 Å². The molecule has 1 aromatic rings. The Morgan fingerprint density at radius 1 is 1.43 bits per heavy atom. The third kappa shape index (κ3) is 4.80. The highest BCUT2D eigenvalue weighted by atomic mass is 16.5. The Bertz CT molecular complexity index is 542. The van der Waals surface area contributed by atoms with E-state index in [-0.39, 0.29) is 12.3 Å². The van der Waals surface area contributed by atoms with E-state index in [4.69, 9.17) is 14.3 Å². The lowest BCUT2D eigenvalue weighted by Gasteiger charge is -2.39. The SMILES string of the molecule is CCOCCN1CCN(Cc2ccc(C)o2)C(CC(=O)O)C1=O. The summed E-state index contributed by atoms with van der Waals surface area (Å²) in [6.07, 6.45) is -0.205. The van der Waals surface area contributed by atoms with Gasteiger partial charge in [-0.3, -0.25) is 14.5 Å². The van der Waals surface area contributed by atoms with E-state index in [2.05, 4.69) is 0 Å². The summed E-state index contributed by atoms with van der Waals surface area (Å²) in [6.45, 7) is 6.96. The summed E-state index contributed by atoms with van der Waals surface area (Å²) in [4.78, 5) is 27.3. The summed E-state index contributed by atoms with van der Waals surface area (Å²) in [5.41, 5.74) is 0. The first-order chi connectivity index (χ1) is 11.0. The number of nitrogens with zero attached hydrogens (tertiary/aromatic N) is 2. The fourth-order valence-corrected chi connectivity index (χ4v) is 2.76. The summed E-state index contributed by atoms with van der Waals surface area (Å²) in [5, 5.41) is 9.13. The molecular formula is C16H24N2O5. The van der Waals surface area contributed by atoms with Crippen LogP contribution in [-0.2, 0) is 20.9 Å². The molecule has 0 aliphatic carbocycles. The van der Waals surface area contributed by atoms with Gasteiger partial charge in [0, 0.05) is 26.2 Å². The van der Waals surface area contributed by atoms with E-state index in [1.165, 1.54) is 0 Å². The van der Waals surface area contributed by atoms with E-state index in [0.717, 1.165) is 11.5 Å². The highest BCUT2D eigenvalue weighted by molar-refractivity contribution is 5.86. The molecule has 1 saturated heterocycles. The average Bonchev–Trinajstić information content (AvgIpc) is 2.90. The summed E-state index contributed by atoms with van der Waals surface area (Å²) in [7, 11) is 0. The minimum absolute atomic E-state index is 0.151. The molecule has 2 rings (SSSR count). The highest BCUT2D eigenvalue weighted by Gasteiger charge is 2.36. The maximum Gasteiger partial charge on any atom is 0.305 e. The van der Waals surface area contributed by atoms with Crippen molar-refractivity contribution in [2.24, 2.45) is 0 Å². The van der Waals surface area contributed by atoms with Crippen molar-refractivity contribution in [2.45, 2.75) is 32.9 Å². The second-order valence-corrected chi connectivity index (χ2v) is 5.62. The normalized spacial score (nSPS) is 19.3. The number of ether oxygens (including phenoxy) is 1. The topological polar surface area (TPSA) is 83.2 Å². The van der Waals surface area contributed by atoms with Crippen molar-refractivity contribution in [2.75, 3.05) is 32.8 Å². The second-order valence-electron chi connectivity index (χ2n) is 5.62. The zero-order chi connectivity index (χ0) is 16.8. The molecule has 2 heterocycles. The van der Waals surface area contributed by atoms with Crippen molar-refractivity contribution in [1.82, 2.24) is 9.80 Å². The standard InChI is InChI=1S/C16H24N2O5/c1-3-22-9-8-17-6-7-18(11-13-5-4-12(2)23-13)14(16(17)21)10-15(19)20/h4-5,14H,3,6-11H2,1-2H3,(H,19,20). The molecule has 0 aromatic carbocycles. The van der Waals surface area contributed by atoms with Crippen LogP contribution in [0.3, 0.4) is 0 Å². The first-order valence-electron chi connectivity index (χ1n) is 7.89. The number of amides is 1. The predicted molar refractivity (Wildman–Crippen MR) is 83.0 cm³/mol. The van der Waals surface area contributed by atoms with Crippen molar-refractivity contribution in [1.29, 1.82) is 0 Å². The van der Waals surface area contributed by atoms with Crippen LogP contribution in [0.15, 0.2) is 16.5 Å². The molecule has 1 amide bonds. The molecule has 7 heteroatoms. The van der Waals surface area contributed by atoms with Crippen LogP contribution >= 0.6 is 0 Å². The molecule has 1 N–H and O–H groups in total. The minimum atomic E-state index is -0.976. The Hall–Kier alpha value is -1.86. The minimum Gasteiger partial charge on any atom is -0.481 e.